The van der Waals surface area contributed by atoms with Crippen LogP contribution in [0.25, 0.3) is 0 Å². The van der Waals surface area contributed by atoms with Crippen LogP contribution in [0.5, 0.6) is 0 Å². The second-order valence-electron chi connectivity index (χ2n) is 3.65. The summed E-state index contributed by atoms with van der Waals surface area (Å²) in [7, 11) is 0. The van der Waals surface area contributed by atoms with Crippen LogP contribution in [0.4, 0.5) is 0 Å². The molecule has 2 saturated heterocycles. The monoisotopic (exact) mass is 198 g/mol. The summed E-state index contributed by atoms with van der Waals surface area (Å²) >= 11 is 0. The lowest BCUT2D eigenvalue weighted by Crippen LogP contribution is -2.34. The Bertz CT molecular complexity index is 292. The highest BCUT2D eigenvalue weighted by Gasteiger charge is 2.47. The summed E-state index contributed by atoms with van der Waals surface area (Å²) in [6, 6.07) is 0. The molecule has 14 heavy (non-hydrogen) atoms. The molecule has 2 N–H and O–H groups in total. The van der Waals surface area contributed by atoms with Gasteiger partial charge in [0.1, 0.15) is 0 Å². The molecule has 2 aliphatic heterocycles. The molecule has 2 heterocycles. The van der Waals surface area contributed by atoms with E-state index in [1.54, 1.807) is 4.90 Å². The van der Waals surface area contributed by atoms with E-state index in [2.05, 4.69) is 5.32 Å². The number of nitrogens with zero attached hydrogens (tertiary/aromatic N) is 1. The lowest BCUT2D eigenvalue weighted by Gasteiger charge is -2.12. The Kier molecular flexibility index (Phi) is 1.99. The van der Waals surface area contributed by atoms with Gasteiger partial charge in [-0.25, -0.2) is 0 Å². The van der Waals surface area contributed by atoms with Gasteiger partial charge in [0, 0.05) is 13.1 Å². The molecule has 0 aromatic carbocycles. The number of carbonyl (C=O) groups excluding carboxylic acids is 2. The number of fused-ring (bicyclic) bond motifs is 1. The zero-order valence-corrected chi connectivity index (χ0v) is 7.40. The molecule has 0 aliphatic carbocycles. The van der Waals surface area contributed by atoms with Crippen molar-refractivity contribution in [2.75, 3.05) is 19.6 Å². The maximum Gasteiger partial charge on any atom is 0.317 e. The highest BCUT2D eigenvalue weighted by Crippen LogP contribution is 2.27. The molecule has 2 atom stereocenters. The third kappa shape index (κ3) is 1.37. The molecule has 6 nitrogen and oxygen atoms in total. The number of amides is 2. The van der Waals surface area contributed by atoms with Crippen LogP contribution >= 0.6 is 0 Å². The first-order valence-electron chi connectivity index (χ1n) is 4.37. The fourth-order valence-corrected chi connectivity index (χ4v) is 2.04. The normalized spacial score (nSPS) is 31.7. The van der Waals surface area contributed by atoms with Crippen molar-refractivity contribution in [3.8, 4) is 0 Å². The highest BCUT2D eigenvalue weighted by atomic mass is 16.4. The van der Waals surface area contributed by atoms with E-state index in [1.807, 2.05) is 0 Å². The van der Waals surface area contributed by atoms with Crippen LogP contribution in [-0.2, 0) is 14.4 Å². The molecular weight excluding hydrogens is 188 g/mol. The largest absolute Gasteiger partial charge is 0.480 e. The molecule has 2 amide bonds. The molecule has 0 spiro atoms. The summed E-state index contributed by atoms with van der Waals surface area (Å²) < 4.78 is 0. The molecule has 0 aromatic heterocycles. The van der Waals surface area contributed by atoms with Gasteiger partial charge in [-0.3, -0.25) is 24.6 Å². The number of imide groups is 1. The summed E-state index contributed by atoms with van der Waals surface area (Å²) in [5, 5.41) is 10.8. The van der Waals surface area contributed by atoms with Crippen LogP contribution < -0.4 is 5.32 Å². The topological polar surface area (TPSA) is 86.7 Å². The Balaban J connectivity index is 2.04. The van der Waals surface area contributed by atoms with Gasteiger partial charge in [-0.2, -0.15) is 0 Å². The van der Waals surface area contributed by atoms with Gasteiger partial charge in [-0.15, -0.1) is 0 Å². The summed E-state index contributed by atoms with van der Waals surface area (Å²) in [5.74, 6) is -2.16. The van der Waals surface area contributed by atoms with Gasteiger partial charge in [0.05, 0.1) is 18.4 Å². The lowest BCUT2D eigenvalue weighted by atomic mass is 10.00. The van der Waals surface area contributed by atoms with Gasteiger partial charge >= 0.3 is 5.97 Å². The molecule has 2 fully saturated rings. The van der Waals surface area contributed by atoms with Crippen LogP contribution in [0, 0.1) is 11.8 Å². The smallest absolute Gasteiger partial charge is 0.317 e. The van der Waals surface area contributed by atoms with Crippen molar-refractivity contribution in [2.24, 2.45) is 11.8 Å². The van der Waals surface area contributed by atoms with E-state index in [9.17, 15) is 14.4 Å². The van der Waals surface area contributed by atoms with E-state index in [0.717, 1.165) is 0 Å². The molecule has 0 radical (unpaired) electrons. The van der Waals surface area contributed by atoms with Crippen molar-refractivity contribution < 1.29 is 19.5 Å². The number of carboxylic acid groups (broad SMARTS) is 1. The fraction of sp³-hybridized carbons (Fsp3) is 0.625. The average Bonchev–Trinajstić information content (AvgIpc) is 2.55. The van der Waals surface area contributed by atoms with Crippen LogP contribution in [0.2, 0.25) is 0 Å². The Labute approximate surface area is 79.9 Å². The minimum Gasteiger partial charge on any atom is -0.480 e. The van der Waals surface area contributed by atoms with Crippen LogP contribution in [0.3, 0.4) is 0 Å². The first-order chi connectivity index (χ1) is 6.58. The predicted octanol–water partition coefficient (Wildman–Crippen LogP) is -1.72. The van der Waals surface area contributed by atoms with Gasteiger partial charge in [0.15, 0.2) is 0 Å². The summed E-state index contributed by atoms with van der Waals surface area (Å²) in [5.41, 5.74) is 0. The number of rotatable bonds is 2. The van der Waals surface area contributed by atoms with Gasteiger partial charge in [-0.1, -0.05) is 0 Å². The third-order valence-corrected chi connectivity index (χ3v) is 2.67. The van der Waals surface area contributed by atoms with Gasteiger partial charge in [0.2, 0.25) is 11.8 Å². The molecule has 0 bridgehead atoms. The van der Waals surface area contributed by atoms with Crippen molar-refractivity contribution in [2.45, 2.75) is 0 Å². The summed E-state index contributed by atoms with van der Waals surface area (Å²) in [6.45, 7) is 0.636. The van der Waals surface area contributed by atoms with E-state index in [1.165, 1.54) is 0 Å². The highest BCUT2D eigenvalue weighted by molar-refractivity contribution is 6.05. The van der Waals surface area contributed by atoms with Crippen molar-refractivity contribution in [3.05, 3.63) is 0 Å². The van der Waals surface area contributed by atoms with Crippen LogP contribution in [0.15, 0.2) is 0 Å². The number of hydrogen-bond acceptors (Lipinski definition) is 4. The van der Waals surface area contributed by atoms with Crippen molar-refractivity contribution >= 4 is 17.8 Å². The fourth-order valence-electron chi connectivity index (χ4n) is 2.04. The number of aliphatic carboxylic acids is 1. The second-order valence-corrected chi connectivity index (χ2v) is 3.65. The standard InChI is InChI=1S/C8H10N2O4/c11-6(12)3-10-1-4-5(2-10)8(14)9-7(4)13/h4-5H,1-3H2,(H,11,12)(H,9,13,14)/t4-,5-/m1/s1. The lowest BCUT2D eigenvalue weighted by molar-refractivity contribution is -0.138. The van der Waals surface area contributed by atoms with Gasteiger partial charge in [-0.05, 0) is 0 Å². The first kappa shape index (κ1) is 9.14. The Hall–Kier alpha value is -1.43. The van der Waals surface area contributed by atoms with E-state index in [0.29, 0.717) is 13.1 Å². The van der Waals surface area contributed by atoms with Crippen molar-refractivity contribution in [1.29, 1.82) is 0 Å². The minimum atomic E-state index is -0.933. The molecule has 76 valence electrons. The maximum atomic E-state index is 11.2. The molecule has 6 heteroatoms. The van der Waals surface area contributed by atoms with Crippen LogP contribution in [0.1, 0.15) is 0 Å². The van der Waals surface area contributed by atoms with E-state index in [-0.39, 0.29) is 30.2 Å². The number of carbonyl (C=O) groups is 3. The van der Waals surface area contributed by atoms with Crippen molar-refractivity contribution in [3.63, 3.8) is 0 Å². The zero-order chi connectivity index (χ0) is 10.3. The number of carboxylic acids is 1. The third-order valence-electron chi connectivity index (χ3n) is 2.67. The Morgan fingerprint density at radius 2 is 1.86 bits per heavy atom. The molecule has 0 unspecified atom stereocenters. The first-order valence-corrected chi connectivity index (χ1v) is 4.37. The number of nitrogens with one attached hydrogen (secondary N) is 1. The zero-order valence-electron chi connectivity index (χ0n) is 7.40. The maximum absolute atomic E-state index is 11.2. The quantitative estimate of drug-likeness (QED) is 0.515. The van der Waals surface area contributed by atoms with E-state index < -0.39 is 5.97 Å². The molecular formula is C8H10N2O4. The number of likely N-dealkylation sites (tertiary alicyclic amines) is 1. The molecule has 2 aliphatic rings. The Morgan fingerprint density at radius 3 is 2.29 bits per heavy atom. The molecule has 0 saturated carbocycles. The van der Waals surface area contributed by atoms with Gasteiger partial charge in [0.25, 0.3) is 0 Å². The van der Waals surface area contributed by atoms with E-state index >= 15 is 0 Å². The minimum absolute atomic E-state index is 0.104. The number of hydrogen-bond donors (Lipinski definition) is 2. The SMILES string of the molecule is O=C(O)CN1C[C@H]2C(=O)NC(=O)[C@@H]2C1. The second kappa shape index (κ2) is 3.06. The van der Waals surface area contributed by atoms with Crippen LogP contribution in [-0.4, -0.2) is 47.4 Å². The molecule has 2 rings (SSSR count). The van der Waals surface area contributed by atoms with E-state index in [4.69, 9.17) is 5.11 Å². The summed E-state index contributed by atoms with van der Waals surface area (Å²) in [6.07, 6.45) is 0. The van der Waals surface area contributed by atoms with Crippen molar-refractivity contribution in [1.82, 2.24) is 10.2 Å². The average molecular weight is 198 g/mol. The molecule has 0 aromatic rings. The predicted molar refractivity (Wildman–Crippen MR) is 44.2 cm³/mol. The Morgan fingerprint density at radius 1 is 1.36 bits per heavy atom. The van der Waals surface area contributed by atoms with Gasteiger partial charge < -0.3 is 5.11 Å². The summed E-state index contributed by atoms with van der Waals surface area (Å²) in [4.78, 5) is 34.4.